The minimum Gasteiger partial charge on any atom is -0.484 e. The highest BCUT2D eigenvalue weighted by atomic mass is 19.1. The topological polar surface area (TPSA) is 75.6 Å². The molecule has 2 N–H and O–H groups in total. The number of carboxylic acids is 1. The lowest BCUT2D eigenvalue weighted by atomic mass is 10.1. The molecule has 0 spiro atoms. The number of hydrogen-bond acceptors (Lipinski definition) is 3. The Morgan fingerprint density at radius 3 is 2.37 bits per heavy atom. The molecule has 0 aliphatic heterocycles. The Labute approximate surface area is 110 Å². The molecule has 0 aliphatic carbocycles. The Morgan fingerprint density at radius 2 is 1.89 bits per heavy atom. The van der Waals surface area contributed by atoms with Gasteiger partial charge in [-0.05, 0) is 30.2 Å². The quantitative estimate of drug-likeness (QED) is 0.819. The monoisotopic (exact) mass is 269 g/mol. The first-order valence-corrected chi connectivity index (χ1v) is 5.80. The van der Waals surface area contributed by atoms with Crippen LogP contribution < -0.4 is 10.1 Å². The maximum atomic E-state index is 12.6. The summed E-state index contributed by atoms with van der Waals surface area (Å²) in [7, 11) is 0. The van der Waals surface area contributed by atoms with Gasteiger partial charge in [0.15, 0.2) is 6.61 Å². The Hall–Kier alpha value is -2.11. The molecule has 0 aliphatic rings. The van der Waals surface area contributed by atoms with Crippen LogP contribution in [0.4, 0.5) is 4.39 Å². The number of nitrogens with one attached hydrogen (secondary N) is 1. The average molecular weight is 269 g/mol. The number of amides is 1. The first-order valence-electron chi connectivity index (χ1n) is 5.80. The van der Waals surface area contributed by atoms with Crippen molar-refractivity contribution in [3.8, 4) is 5.75 Å². The molecule has 1 amide bonds. The second-order valence-electron chi connectivity index (χ2n) is 4.37. The summed E-state index contributed by atoms with van der Waals surface area (Å²) < 4.78 is 17.7. The largest absolute Gasteiger partial charge is 0.484 e. The predicted octanol–water partition coefficient (Wildman–Crippen LogP) is 1.43. The van der Waals surface area contributed by atoms with Crippen LogP contribution in [0.2, 0.25) is 0 Å². The SMILES string of the molecule is CC(C)C(NC(=O)COc1ccc(F)cc1)C(=O)O. The Kier molecular flexibility index (Phi) is 5.29. The van der Waals surface area contributed by atoms with Crippen LogP contribution in [0.3, 0.4) is 0 Å². The van der Waals surface area contributed by atoms with Gasteiger partial charge in [0.1, 0.15) is 17.6 Å². The molecule has 0 fully saturated rings. The fourth-order valence-corrected chi connectivity index (χ4v) is 1.41. The van der Waals surface area contributed by atoms with Crippen molar-refractivity contribution in [1.29, 1.82) is 0 Å². The molecule has 0 aromatic heterocycles. The number of hydrogen-bond donors (Lipinski definition) is 2. The summed E-state index contributed by atoms with van der Waals surface area (Å²) in [6.45, 7) is 3.07. The summed E-state index contributed by atoms with van der Waals surface area (Å²) in [6.07, 6.45) is 0. The summed E-state index contributed by atoms with van der Waals surface area (Å²) >= 11 is 0. The van der Waals surface area contributed by atoms with Crippen molar-refractivity contribution >= 4 is 11.9 Å². The molecule has 104 valence electrons. The van der Waals surface area contributed by atoms with Crippen molar-refractivity contribution in [3.05, 3.63) is 30.1 Å². The number of carbonyl (C=O) groups excluding carboxylic acids is 1. The van der Waals surface area contributed by atoms with Crippen LogP contribution in [0, 0.1) is 11.7 Å². The van der Waals surface area contributed by atoms with Crippen molar-refractivity contribution in [3.63, 3.8) is 0 Å². The second kappa shape index (κ2) is 6.72. The summed E-state index contributed by atoms with van der Waals surface area (Å²) in [5, 5.41) is 11.3. The fourth-order valence-electron chi connectivity index (χ4n) is 1.41. The van der Waals surface area contributed by atoms with Gasteiger partial charge in [-0.2, -0.15) is 0 Å². The summed E-state index contributed by atoms with van der Waals surface area (Å²) in [5.74, 6) is -1.92. The van der Waals surface area contributed by atoms with E-state index < -0.39 is 23.7 Å². The molecule has 0 radical (unpaired) electrons. The van der Waals surface area contributed by atoms with Crippen molar-refractivity contribution in [2.24, 2.45) is 5.92 Å². The molecule has 0 saturated carbocycles. The van der Waals surface area contributed by atoms with Gasteiger partial charge in [0.25, 0.3) is 5.91 Å². The maximum Gasteiger partial charge on any atom is 0.326 e. The van der Waals surface area contributed by atoms with Gasteiger partial charge in [-0.1, -0.05) is 13.8 Å². The summed E-state index contributed by atoms with van der Waals surface area (Å²) in [6, 6.07) is 4.24. The highest BCUT2D eigenvalue weighted by Gasteiger charge is 2.23. The molecular formula is C13H16FNO4. The minimum absolute atomic E-state index is 0.229. The molecule has 1 aromatic rings. The van der Waals surface area contributed by atoms with E-state index in [1.807, 2.05) is 0 Å². The number of aliphatic carboxylic acids is 1. The maximum absolute atomic E-state index is 12.6. The van der Waals surface area contributed by atoms with Gasteiger partial charge in [0.2, 0.25) is 0 Å². The van der Waals surface area contributed by atoms with Crippen LogP contribution in [-0.2, 0) is 9.59 Å². The lowest BCUT2D eigenvalue weighted by molar-refractivity contribution is -0.143. The van der Waals surface area contributed by atoms with Gasteiger partial charge >= 0.3 is 5.97 Å². The van der Waals surface area contributed by atoms with E-state index in [1.54, 1.807) is 13.8 Å². The molecular weight excluding hydrogens is 253 g/mol. The lowest BCUT2D eigenvalue weighted by Crippen LogP contribution is -2.46. The zero-order valence-electron chi connectivity index (χ0n) is 10.7. The molecule has 6 heteroatoms. The van der Waals surface area contributed by atoms with Gasteiger partial charge in [-0.25, -0.2) is 9.18 Å². The number of benzene rings is 1. The third-order valence-corrected chi connectivity index (χ3v) is 2.43. The third-order valence-electron chi connectivity index (χ3n) is 2.43. The molecule has 5 nitrogen and oxygen atoms in total. The normalized spacial score (nSPS) is 12.0. The van der Waals surface area contributed by atoms with Crippen molar-refractivity contribution in [1.82, 2.24) is 5.32 Å². The van der Waals surface area contributed by atoms with Crippen LogP contribution >= 0.6 is 0 Å². The molecule has 0 bridgehead atoms. The van der Waals surface area contributed by atoms with Gasteiger partial charge in [0.05, 0.1) is 0 Å². The number of carboxylic acid groups (broad SMARTS) is 1. The Balaban J connectivity index is 2.47. The van der Waals surface area contributed by atoms with Crippen LogP contribution in [0.25, 0.3) is 0 Å². The van der Waals surface area contributed by atoms with Crippen molar-refractivity contribution in [2.45, 2.75) is 19.9 Å². The fraction of sp³-hybridized carbons (Fsp3) is 0.385. The van der Waals surface area contributed by atoms with Gasteiger partial charge in [-0.3, -0.25) is 4.79 Å². The van der Waals surface area contributed by atoms with Gasteiger partial charge in [-0.15, -0.1) is 0 Å². The first kappa shape index (κ1) is 14.9. The molecule has 19 heavy (non-hydrogen) atoms. The van der Waals surface area contributed by atoms with E-state index in [0.29, 0.717) is 5.75 Å². The zero-order chi connectivity index (χ0) is 14.4. The Morgan fingerprint density at radius 1 is 1.32 bits per heavy atom. The molecule has 1 atom stereocenters. The molecule has 0 heterocycles. The highest BCUT2D eigenvalue weighted by molar-refractivity contribution is 5.84. The number of carbonyl (C=O) groups is 2. The smallest absolute Gasteiger partial charge is 0.326 e. The van der Waals surface area contributed by atoms with Crippen LogP contribution in [0.5, 0.6) is 5.75 Å². The van der Waals surface area contributed by atoms with Crippen LogP contribution in [0.1, 0.15) is 13.8 Å². The third kappa shape index (κ3) is 4.95. The van der Waals surface area contributed by atoms with E-state index >= 15 is 0 Å². The Bertz CT molecular complexity index is 444. The van der Waals surface area contributed by atoms with E-state index in [9.17, 15) is 14.0 Å². The molecule has 1 aromatic carbocycles. The van der Waals surface area contributed by atoms with E-state index in [2.05, 4.69) is 5.32 Å². The van der Waals surface area contributed by atoms with E-state index in [0.717, 1.165) is 0 Å². The van der Waals surface area contributed by atoms with Crippen LogP contribution in [0.15, 0.2) is 24.3 Å². The summed E-state index contributed by atoms with van der Waals surface area (Å²) in [4.78, 5) is 22.4. The van der Waals surface area contributed by atoms with Gasteiger partial charge in [0, 0.05) is 0 Å². The average Bonchev–Trinajstić information content (AvgIpc) is 2.34. The second-order valence-corrected chi connectivity index (χ2v) is 4.37. The van der Waals surface area contributed by atoms with Crippen LogP contribution in [-0.4, -0.2) is 29.6 Å². The van der Waals surface area contributed by atoms with Crippen molar-refractivity contribution < 1.29 is 23.8 Å². The minimum atomic E-state index is -1.09. The molecule has 1 rings (SSSR count). The standard InChI is InChI=1S/C13H16FNO4/c1-8(2)12(13(17)18)15-11(16)7-19-10-5-3-9(14)4-6-10/h3-6,8,12H,7H2,1-2H3,(H,15,16)(H,17,18). The highest BCUT2D eigenvalue weighted by Crippen LogP contribution is 2.10. The number of ether oxygens (including phenoxy) is 1. The molecule has 1 unspecified atom stereocenters. The lowest BCUT2D eigenvalue weighted by Gasteiger charge is -2.17. The number of rotatable bonds is 6. The zero-order valence-corrected chi connectivity index (χ0v) is 10.7. The number of halogens is 1. The van der Waals surface area contributed by atoms with E-state index in [-0.39, 0.29) is 12.5 Å². The summed E-state index contributed by atoms with van der Waals surface area (Å²) in [5.41, 5.74) is 0. The predicted molar refractivity (Wildman–Crippen MR) is 66.3 cm³/mol. The first-order chi connectivity index (χ1) is 8.90. The van der Waals surface area contributed by atoms with Gasteiger partial charge < -0.3 is 15.2 Å². The van der Waals surface area contributed by atoms with E-state index in [1.165, 1.54) is 24.3 Å². The van der Waals surface area contributed by atoms with Crippen molar-refractivity contribution in [2.75, 3.05) is 6.61 Å². The van der Waals surface area contributed by atoms with E-state index in [4.69, 9.17) is 9.84 Å². The molecule has 0 saturated heterocycles.